The smallest absolute Gasteiger partial charge is 0.263 e. The molecule has 1 rings (SSSR count). The Morgan fingerprint density at radius 2 is 2.06 bits per heavy atom. The third-order valence-corrected chi connectivity index (χ3v) is 2.29. The molecule has 0 aromatic heterocycles. The van der Waals surface area contributed by atoms with Crippen molar-refractivity contribution in [2.45, 2.75) is 12.5 Å². The van der Waals surface area contributed by atoms with E-state index in [2.05, 4.69) is 0 Å². The van der Waals surface area contributed by atoms with Crippen LogP contribution in [-0.4, -0.2) is 36.3 Å². The lowest BCUT2D eigenvalue weighted by Gasteiger charge is -2.18. The minimum absolute atomic E-state index is 0.192. The van der Waals surface area contributed by atoms with Crippen LogP contribution >= 0.6 is 0 Å². The number of phenols is 1. The van der Waals surface area contributed by atoms with Crippen molar-refractivity contribution in [1.29, 1.82) is 0 Å². The number of carbonyl (C=O) groups is 1. The second-order valence-electron chi connectivity index (χ2n) is 3.50. The molecule has 0 radical (unpaired) electrons. The van der Waals surface area contributed by atoms with Crippen LogP contribution in [0.4, 0.5) is 0 Å². The molecule has 1 aromatic carbocycles. The number of amides is 1. The normalized spacial score (nSPS) is 12.2. The monoisotopic (exact) mass is 224 g/mol. The van der Waals surface area contributed by atoms with E-state index in [1.54, 1.807) is 24.3 Å². The summed E-state index contributed by atoms with van der Waals surface area (Å²) in [5, 5.41) is 10.2. The molecule has 5 nitrogen and oxygen atoms in total. The third-order valence-electron chi connectivity index (χ3n) is 2.29. The molecule has 1 atom stereocenters. The van der Waals surface area contributed by atoms with E-state index in [0.717, 1.165) is 10.6 Å². The zero-order valence-corrected chi connectivity index (χ0v) is 9.38. The Labute approximate surface area is 94.4 Å². The van der Waals surface area contributed by atoms with Crippen molar-refractivity contribution in [3.8, 4) is 5.75 Å². The van der Waals surface area contributed by atoms with Crippen molar-refractivity contribution in [1.82, 2.24) is 5.06 Å². The molecule has 0 aliphatic heterocycles. The van der Waals surface area contributed by atoms with Gasteiger partial charge in [0.2, 0.25) is 0 Å². The minimum Gasteiger partial charge on any atom is -0.508 e. The lowest BCUT2D eigenvalue weighted by atomic mass is 10.1. The van der Waals surface area contributed by atoms with E-state index in [1.165, 1.54) is 14.2 Å². The summed E-state index contributed by atoms with van der Waals surface area (Å²) < 4.78 is 0. The molecule has 0 unspecified atom stereocenters. The second-order valence-corrected chi connectivity index (χ2v) is 3.50. The molecule has 16 heavy (non-hydrogen) atoms. The minimum atomic E-state index is -0.644. The average molecular weight is 224 g/mol. The first-order valence-corrected chi connectivity index (χ1v) is 4.89. The Morgan fingerprint density at radius 3 is 2.56 bits per heavy atom. The molecule has 0 heterocycles. The van der Waals surface area contributed by atoms with Crippen LogP contribution < -0.4 is 5.73 Å². The number of aromatic hydroxyl groups is 1. The Hall–Kier alpha value is -1.59. The van der Waals surface area contributed by atoms with Gasteiger partial charge in [0.1, 0.15) is 5.75 Å². The zero-order valence-electron chi connectivity index (χ0n) is 9.38. The van der Waals surface area contributed by atoms with Crippen LogP contribution in [0.2, 0.25) is 0 Å². The molecule has 1 amide bonds. The van der Waals surface area contributed by atoms with E-state index in [-0.39, 0.29) is 11.7 Å². The predicted octanol–water partition coefficient (Wildman–Crippen LogP) is 0.282. The van der Waals surface area contributed by atoms with Crippen molar-refractivity contribution < 1.29 is 14.7 Å². The van der Waals surface area contributed by atoms with Gasteiger partial charge in [0.15, 0.2) is 0 Å². The van der Waals surface area contributed by atoms with Gasteiger partial charge in [-0.15, -0.1) is 0 Å². The summed E-state index contributed by atoms with van der Waals surface area (Å²) in [6.07, 6.45) is 0.410. The molecule has 88 valence electrons. The quantitative estimate of drug-likeness (QED) is 0.720. The maximum absolute atomic E-state index is 11.6. The van der Waals surface area contributed by atoms with Gasteiger partial charge in [-0.1, -0.05) is 12.1 Å². The summed E-state index contributed by atoms with van der Waals surface area (Å²) in [5.74, 6) is -0.0896. The fourth-order valence-corrected chi connectivity index (χ4v) is 1.30. The van der Waals surface area contributed by atoms with Gasteiger partial charge in [0.05, 0.1) is 13.2 Å². The highest BCUT2D eigenvalue weighted by atomic mass is 16.7. The van der Waals surface area contributed by atoms with Gasteiger partial charge in [0, 0.05) is 7.05 Å². The number of rotatable bonds is 4. The standard InChI is InChI=1S/C11H16N2O3/c1-13(16-2)11(15)10(12)7-8-3-5-9(14)6-4-8/h3-6,10,14H,7,12H2,1-2H3/t10-/m0/s1. The van der Waals surface area contributed by atoms with E-state index in [1.807, 2.05) is 0 Å². The number of benzene rings is 1. The Morgan fingerprint density at radius 1 is 1.50 bits per heavy atom. The van der Waals surface area contributed by atoms with E-state index in [4.69, 9.17) is 15.7 Å². The third kappa shape index (κ3) is 3.22. The summed E-state index contributed by atoms with van der Waals surface area (Å²) in [6.45, 7) is 0. The largest absolute Gasteiger partial charge is 0.508 e. The Kier molecular flexibility index (Phi) is 4.28. The maximum Gasteiger partial charge on any atom is 0.263 e. The van der Waals surface area contributed by atoms with Crippen molar-refractivity contribution >= 4 is 5.91 Å². The van der Waals surface area contributed by atoms with Gasteiger partial charge in [-0.25, -0.2) is 5.06 Å². The molecular weight excluding hydrogens is 208 g/mol. The predicted molar refractivity (Wildman–Crippen MR) is 59.6 cm³/mol. The highest BCUT2D eigenvalue weighted by molar-refractivity contribution is 5.80. The molecule has 0 fully saturated rings. The summed E-state index contributed by atoms with van der Waals surface area (Å²) in [6, 6.07) is 5.94. The van der Waals surface area contributed by atoms with E-state index < -0.39 is 6.04 Å². The SMILES string of the molecule is CON(C)C(=O)[C@@H](N)Cc1ccc(O)cc1. The summed E-state index contributed by atoms with van der Waals surface area (Å²) >= 11 is 0. The highest BCUT2D eigenvalue weighted by Gasteiger charge is 2.18. The first kappa shape index (κ1) is 12.5. The van der Waals surface area contributed by atoms with Crippen molar-refractivity contribution in [3.05, 3.63) is 29.8 Å². The molecule has 0 saturated carbocycles. The number of nitrogens with two attached hydrogens (primary N) is 1. The van der Waals surface area contributed by atoms with Gasteiger partial charge in [0.25, 0.3) is 5.91 Å². The van der Waals surface area contributed by atoms with E-state index in [9.17, 15) is 4.79 Å². The second kappa shape index (κ2) is 5.48. The fraction of sp³-hybridized carbons (Fsp3) is 0.364. The summed E-state index contributed by atoms with van der Waals surface area (Å²) in [5.41, 5.74) is 6.62. The molecule has 0 aliphatic carbocycles. The Bertz CT molecular complexity index is 351. The number of hydrogen-bond acceptors (Lipinski definition) is 4. The molecule has 1 aromatic rings. The number of hydroxylamine groups is 2. The molecule has 3 N–H and O–H groups in total. The number of hydrogen-bond donors (Lipinski definition) is 2. The van der Waals surface area contributed by atoms with Crippen LogP contribution in [0.1, 0.15) is 5.56 Å². The first-order chi connectivity index (χ1) is 7.54. The number of nitrogens with zero attached hydrogens (tertiary/aromatic N) is 1. The van der Waals surface area contributed by atoms with Gasteiger partial charge in [-0.2, -0.15) is 0 Å². The van der Waals surface area contributed by atoms with Gasteiger partial charge < -0.3 is 10.8 Å². The van der Waals surface area contributed by atoms with E-state index in [0.29, 0.717) is 6.42 Å². The van der Waals surface area contributed by atoms with Gasteiger partial charge >= 0.3 is 0 Å². The lowest BCUT2D eigenvalue weighted by molar-refractivity contribution is -0.170. The topological polar surface area (TPSA) is 75.8 Å². The van der Waals surface area contributed by atoms with Gasteiger partial charge in [-0.3, -0.25) is 9.63 Å². The maximum atomic E-state index is 11.6. The fourth-order valence-electron chi connectivity index (χ4n) is 1.30. The van der Waals surface area contributed by atoms with Crippen molar-refractivity contribution in [2.75, 3.05) is 14.2 Å². The summed E-state index contributed by atoms with van der Waals surface area (Å²) in [7, 11) is 2.92. The zero-order chi connectivity index (χ0) is 12.1. The van der Waals surface area contributed by atoms with Crippen LogP contribution in [0, 0.1) is 0 Å². The van der Waals surface area contributed by atoms with Crippen molar-refractivity contribution in [2.24, 2.45) is 5.73 Å². The highest BCUT2D eigenvalue weighted by Crippen LogP contribution is 2.11. The number of likely N-dealkylation sites (N-methyl/N-ethyl adjacent to an activating group) is 1. The van der Waals surface area contributed by atoms with E-state index >= 15 is 0 Å². The van der Waals surface area contributed by atoms with Crippen LogP contribution in [-0.2, 0) is 16.1 Å². The molecule has 0 saturated heterocycles. The van der Waals surface area contributed by atoms with Crippen LogP contribution in [0.5, 0.6) is 5.75 Å². The van der Waals surface area contributed by atoms with Crippen molar-refractivity contribution in [3.63, 3.8) is 0 Å². The number of carbonyl (C=O) groups excluding carboxylic acids is 1. The molecule has 0 aliphatic rings. The van der Waals surface area contributed by atoms with Crippen LogP contribution in [0.3, 0.4) is 0 Å². The average Bonchev–Trinajstić information content (AvgIpc) is 2.30. The first-order valence-electron chi connectivity index (χ1n) is 4.89. The van der Waals surface area contributed by atoms with Crippen LogP contribution in [0.15, 0.2) is 24.3 Å². The Balaban J connectivity index is 2.60. The number of phenolic OH excluding ortho intramolecular Hbond substituents is 1. The van der Waals surface area contributed by atoms with Gasteiger partial charge in [-0.05, 0) is 24.1 Å². The lowest BCUT2D eigenvalue weighted by Crippen LogP contribution is -2.42. The summed E-state index contributed by atoms with van der Waals surface area (Å²) in [4.78, 5) is 16.3. The molecule has 0 spiro atoms. The molecule has 5 heteroatoms. The molecule has 0 bridgehead atoms. The van der Waals surface area contributed by atoms with Crippen LogP contribution in [0.25, 0.3) is 0 Å². The molecular formula is C11H16N2O3.